The van der Waals surface area contributed by atoms with Crippen LogP contribution < -0.4 is 0 Å². The lowest BCUT2D eigenvalue weighted by molar-refractivity contribution is -0.134. The lowest BCUT2D eigenvalue weighted by Gasteiger charge is -1.95. The predicted octanol–water partition coefficient (Wildman–Crippen LogP) is 3.35. The monoisotopic (exact) mass is 401 g/mol. The molecule has 0 aliphatic carbocycles. The molecule has 0 saturated carbocycles. The molecule has 0 aliphatic rings. The Kier molecular flexibility index (Phi) is 5.79. The van der Waals surface area contributed by atoms with Gasteiger partial charge >= 0.3 is 5.97 Å². The largest absolute Gasteiger partial charge is 0.480 e. The summed E-state index contributed by atoms with van der Waals surface area (Å²) in [6, 6.07) is 13.1. The lowest BCUT2D eigenvalue weighted by Crippen LogP contribution is -2.17. The van der Waals surface area contributed by atoms with E-state index in [0.29, 0.717) is 29.6 Å². The molecule has 0 aliphatic heterocycles. The number of aryl methyl sites for hydroxylation is 1. The molecule has 0 amide bonds. The van der Waals surface area contributed by atoms with E-state index in [1.807, 2.05) is 37.3 Å². The average molecular weight is 401 g/mol. The molecule has 0 bridgehead atoms. The number of furan rings is 1. The second-order valence-electron chi connectivity index (χ2n) is 6.22. The fraction of sp³-hybridized carbons (Fsp3) is 0.200. The topological polar surface area (TPSA) is 111 Å². The molecule has 3 rings (SSSR count). The molecule has 2 aromatic heterocycles. The Morgan fingerprint density at radius 3 is 2.61 bits per heavy atom. The fourth-order valence-corrected chi connectivity index (χ4v) is 3.48. The zero-order chi connectivity index (χ0) is 20.1. The minimum Gasteiger partial charge on any atom is -0.480 e. The highest BCUT2D eigenvalue weighted by molar-refractivity contribution is 7.92. The van der Waals surface area contributed by atoms with E-state index < -0.39 is 21.6 Å². The van der Waals surface area contributed by atoms with E-state index >= 15 is 0 Å². The molecule has 3 aromatic rings. The maximum Gasteiger partial charge on any atom is 0.318 e. The third-order valence-corrected chi connectivity index (χ3v) is 5.30. The third kappa shape index (κ3) is 5.20. The van der Waals surface area contributed by atoms with Gasteiger partial charge in [0.15, 0.2) is 9.84 Å². The summed E-state index contributed by atoms with van der Waals surface area (Å²) in [5.74, 6) is -0.246. The van der Waals surface area contributed by atoms with Crippen molar-refractivity contribution in [2.45, 2.75) is 13.3 Å². The normalized spacial score (nSPS) is 11.9. The minimum absolute atomic E-state index is 0.363. The van der Waals surface area contributed by atoms with Gasteiger partial charge in [0.1, 0.15) is 23.0 Å². The molecule has 2 heterocycles. The van der Waals surface area contributed by atoms with Gasteiger partial charge in [0.05, 0.1) is 17.9 Å². The van der Waals surface area contributed by atoms with Crippen molar-refractivity contribution in [3.8, 4) is 11.5 Å². The molecular formula is C20H19NO6S. The molecule has 0 radical (unpaired) electrons. The number of sulfone groups is 1. The Labute approximate surface area is 162 Å². The van der Waals surface area contributed by atoms with Crippen LogP contribution in [-0.2, 0) is 21.1 Å². The summed E-state index contributed by atoms with van der Waals surface area (Å²) in [4.78, 5) is 15.0. The van der Waals surface area contributed by atoms with Crippen molar-refractivity contribution in [2.75, 3.05) is 11.5 Å². The van der Waals surface area contributed by atoms with Crippen LogP contribution in [0.15, 0.2) is 57.4 Å². The van der Waals surface area contributed by atoms with Crippen molar-refractivity contribution in [3.63, 3.8) is 0 Å². The first kappa shape index (κ1) is 19.6. The highest BCUT2D eigenvalue weighted by atomic mass is 32.2. The van der Waals surface area contributed by atoms with Crippen molar-refractivity contribution in [3.05, 3.63) is 71.5 Å². The number of aromatic nitrogens is 1. The Balaban J connectivity index is 1.66. The molecule has 0 unspecified atom stereocenters. The van der Waals surface area contributed by atoms with Crippen LogP contribution in [0.5, 0.6) is 0 Å². The van der Waals surface area contributed by atoms with Crippen LogP contribution in [0, 0.1) is 6.92 Å². The molecule has 0 saturated heterocycles. The number of aliphatic carboxylic acids is 1. The molecule has 7 nitrogen and oxygen atoms in total. The number of carboxylic acid groups (broad SMARTS) is 1. The van der Waals surface area contributed by atoms with E-state index in [-0.39, 0.29) is 5.75 Å². The van der Waals surface area contributed by atoms with E-state index in [9.17, 15) is 13.2 Å². The van der Waals surface area contributed by atoms with Crippen LogP contribution in [0.4, 0.5) is 0 Å². The molecule has 0 spiro atoms. The predicted molar refractivity (Wildman–Crippen MR) is 104 cm³/mol. The standard InChI is InChI=1S/C20H19NO6S/c1-14-18(21-20(26-14)15-6-3-2-4-7-15)12-17-10-9-16(27-17)8-5-11-28(24,25)13-19(22)23/h2-10H,11-13H2,1H3,(H,22,23). The summed E-state index contributed by atoms with van der Waals surface area (Å²) >= 11 is 0. The number of carboxylic acids is 1. The maximum absolute atomic E-state index is 11.6. The molecule has 0 atom stereocenters. The minimum atomic E-state index is -3.67. The van der Waals surface area contributed by atoms with E-state index in [0.717, 1.165) is 11.3 Å². The van der Waals surface area contributed by atoms with E-state index in [2.05, 4.69) is 4.98 Å². The highest BCUT2D eigenvalue weighted by Gasteiger charge is 2.15. The molecular weight excluding hydrogens is 382 g/mol. The van der Waals surface area contributed by atoms with Crippen molar-refractivity contribution in [1.82, 2.24) is 4.98 Å². The van der Waals surface area contributed by atoms with Crippen LogP contribution in [0.2, 0.25) is 0 Å². The van der Waals surface area contributed by atoms with Crippen LogP contribution >= 0.6 is 0 Å². The maximum atomic E-state index is 11.6. The van der Waals surface area contributed by atoms with Crippen LogP contribution in [0.25, 0.3) is 17.5 Å². The Morgan fingerprint density at radius 1 is 1.14 bits per heavy atom. The summed E-state index contributed by atoms with van der Waals surface area (Å²) in [5, 5.41) is 8.57. The second-order valence-corrected chi connectivity index (χ2v) is 8.33. The first-order chi connectivity index (χ1) is 13.3. The number of nitrogens with zero attached hydrogens (tertiary/aromatic N) is 1. The van der Waals surface area contributed by atoms with Crippen LogP contribution in [0.3, 0.4) is 0 Å². The molecule has 1 aromatic carbocycles. The van der Waals surface area contributed by atoms with Crippen molar-refractivity contribution < 1.29 is 27.2 Å². The SMILES string of the molecule is Cc1oc(-c2ccccc2)nc1Cc1ccc(C=CCS(=O)(=O)CC(=O)O)o1. The van der Waals surface area contributed by atoms with E-state index in [4.69, 9.17) is 13.9 Å². The second kappa shape index (κ2) is 8.26. The van der Waals surface area contributed by atoms with Crippen molar-refractivity contribution in [2.24, 2.45) is 0 Å². The zero-order valence-corrected chi connectivity index (χ0v) is 16.0. The summed E-state index contributed by atoms with van der Waals surface area (Å²) in [6.07, 6.45) is 3.32. The number of oxazole rings is 1. The molecule has 0 fully saturated rings. The third-order valence-electron chi connectivity index (χ3n) is 3.91. The smallest absolute Gasteiger partial charge is 0.318 e. The zero-order valence-electron chi connectivity index (χ0n) is 15.2. The number of hydrogen-bond donors (Lipinski definition) is 1. The first-order valence-corrected chi connectivity index (χ1v) is 10.3. The average Bonchev–Trinajstić information content (AvgIpc) is 3.22. The van der Waals surface area contributed by atoms with Gasteiger partial charge in [0, 0.05) is 5.56 Å². The summed E-state index contributed by atoms with van der Waals surface area (Å²) in [7, 11) is -3.67. The van der Waals surface area contributed by atoms with Crippen molar-refractivity contribution >= 4 is 21.9 Å². The summed E-state index contributed by atoms with van der Waals surface area (Å²) < 4.78 is 34.5. The van der Waals surface area contributed by atoms with Gasteiger partial charge in [-0.05, 0) is 37.3 Å². The van der Waals surface area contributed by atoms with Gasteiger partial charge in [0.25, 0.3) is 0 Å². The lowest BCUT2D eigenvalue weighted by atomic mass is 10.2. The summed E-state index contributed by atoms with van der Waals surface area (Å²) in [5.41, 5.74) is 1.65. The number of hydrogen-bond acceptors (Lipinski definition) is 6. The van der Waals surface area contributed by atoms with E-state index in [1.54, 1.807) is 12.1 Å². The van der Waals surface area contributed by atoms with Gasteiger partial charge in [-0.2, -0.15) is 0 Å². The number of rotatable bonds is 8. The molecule has 8 heteroatoms. The van der Waals surface area contributed by atoms with Gasteiger partial charge in [-0.25, -0.2) is 13.4 Å². The Morgan fingerprint density at radius 2 is 1.89 bits per heavy atom. The van der Waals surface area contributed by atoms with Gasteiger partial charge in [-0.3, -0.25) is 4.79 Å². The van der Waals surface area contributed by atoms with Crippen molar-refractivity contribution in [1.29, 1.82) is 0 Å². The molecule has 146 valence electrons. The summed E-state index contributed by atoms with van der Waals surface area (Å²) in [6.45, 7) is 1.84. The quantitative estimate of drug-likeness (QED) is 0.616. The Bertz CT molecular complexity index is 1090. The van der Waals surface area contributed by atoms with Gasteiger partial charge < -0.3 is 13.9 Å². The fourth-order valence-electron chi connectivity index (χ4n) is 2.60. The number of benzene rings is 1. The van der Waals surface area contributed by atoms with E-state index in [1.165, 1.54) is 12.2 Å². The Hall–Kier alpha value is -3.13. The van der Waals surface area contributed by atoms with Crippen LogP contribution in [0.1, 0.15) is 23.0 Å². The van der Waals surface area contributed by atoms with Gasteiger partial charge in [-0.1, -0.05) is 24.3 Å². The first-order valence-electron chi connectivity index (χ1n) is 8.51. The highest BCUT2D eigenvalue weighted by Crippen LogP contribution is 2.23. The molecule has 1 N–H and O–H groups in total. The number of carbonyl (C=O) groups is 1. The van der Waals surface area contributed by atoms with Gasteiger partial charge in [0.2, 0.25) is 5.89 Å². The van der Waals surface area contributed by atoms with Gasteiger partial charge in [-0.15, -0.1) is 0 Å². The van der Waals surface area contributed by atoms with Crippen LogP contribution in [-0.4, -0.2) is 36.0 Å². The molecule has 28 heavy (non-hydrogen) atoms.